The van der Waals surface area contributed by atoms with E-state index in [1.54, 1.807) is 31.9 Å². The molecule has 3 spiro atoms. The minimum Gasteiger partial charge on any atom is -0.870 e. The van der Waals surface area contributed by atoms with Crippen molar-refractivity contribution in [1.82, 2.24) is 74.3 Å². The molecule has 0 aromatic carbocycles. The molecule has 12 N–H and O–H groups in total. The third kappa shape index (κ3) is 14.4. The molecule has 6 aromatic rings. The van der Waals surface area contributed by atoms with Gasteiger partial charge >= 0.3 is 29.6 Å². The van der Waals surface area contributed by atoms with Gasteiger partial charge in [-0.3, -0.25) is 52.1 Å². The first-order valence-electron chi connectivity index (χ1n) is 31.2. The Balaban J connectivity index is 0.000000157. The Labute approximate surface area is 587 Å². The number of piperidine rings is 3. The third-order valence-electron chi connectivity index (χ3n) is 18.5. The van der Waals surface area contributed by atoms with Gasteiger partial charge in [-0.25, -0.2) is 29.9 Å². The molecule has 97 heavy (non-hydrogen) atoms. The Kier molecular flexibility index (Phi) is 21.9. The molecule has 512 valence electrons. The summed E-state index contributed by atoms with van der Waals surface area (Å²) in [5.74, 6) is 1.71. The summed E-state index contributed by atoms with van der Waals surface area (Å²) in [6.45, 7) is 10.4. The quantitative estimate of drug-likeness (QED) is 0.0762. The molecule has 3 saturated heterocycles. The number of fused-ring (bicyclic) bond motifs is 6. The molecular formula is C62H79BrN21NaO12. The van der Waals surface area contributed by atoms with E-state index < -0.39 is 17.0 Å². The van der Waals surface area contributed by atoms with Crippen LogP contribution in [0.1, 0.15) is 112 Å². The van der Waals surface area contributed by atoms with Gasteiger partial charge in [0.05, 0.1) is 25.8 Å². The second-order valence-corrected chi connectivity index (χ2v) is 26.0. The van der Waals surface area contributed by atoms with E-state index in [-0.39, 0.29) is 134 Å². The number of rotatable bonds is 11. The van der Waals surface area contributed by atoms with Crippen LogP contribution >= 0.6 is 15.9 Å². The van der Waals surface area contributed by atoms with Crippen molar-refractivity contribution in [3.63, 3.8) is 0 Å². The first-order valence-corrected chi connectivity index (χ1v) is 32.0. The topological polar surface area (TPSA) is 432 Å². The third-order valence-corrected chi connectivity index (χ3v) is 19.1. The number of hydrogen-bond donors (Lipinski definition) is 9. The summed E-state index contributed by atoms with van der Waals surface area (Å²) in [7, 11) is 10.5. The van der Waals surface area contributed by atoms with Crippen LogP contribution in [0.15, 0.2) is 56.0 Å². The van der Waals surface area contributed by atoms with Gasteiger partial charge in [0, 0.05) is 89.6 Å². The Morgan fingerprint density at radius 1 is 0.495 bits per heavy atom. The van der Waals surface area contributed by atoms with Crippen molar-refractivity contribution in [2.24, 2.45) is 11.8 Å². The number of likely N-dealkylation sites (tertiary alicyclic amines) is 3. The van der Waals surface area contributed by atoms with Crippen molar-refractivity contribution in [3.05, 3.63) is 106 Å². The average molecular weight is 1410 g/mol. The van der Waals surface area contributed by atoms with Gasteiger partial charge in [0.1, 0.15) is 64.4 Å². The zero-order chi connectivity index (χ0) is 68.0. The number of nitrogens with one attached hydrogen (secondary N) is 7. The summed E-state index contributed by atoms with van der Waals surface area (Å²) >= 11 is 3.30. The summed E-state index contributed by atoms with van der Waals surface area (Å²) < 4.78 is 21.1. The number of amides is 5. The second kappa shape index (κ2) is 29.2. The van der Waals surface area contributed by atoms with Crippen LogP contribution in [0.4, 0.5) is 46.3 Å². The maximum Gasteiger partial charge on any atom is 1.00 e. The number of nitrogens with zero attached hydrogens (tertiary/aromatic N) is 12. The summed E-state index contributed by atoms with van der Waals surface area (Å²) in [6.07, 6.45) is 11.6. The molecule has 14 rings (SSSR count). The molecule has 33 nitrogen and oxygen atoms in total. The number of anilines is 8. The molecular weight excluding hydrogens is 1330 g/mol. The van der Waals surface area contributed by atoms with E-state index in [4.69, 9.17) is 25.7 Å². The van der Waals surface area contributed by atoms with Crippen LogP contribution in [0.25, 0.3) is 0 Å². The number of aromatic nitrogens is 9. The van der Waals surface area contributed by atoms with Crippen LogP contribution in [0.5, 0.6) is 17.2 Å². The van der Waals surface area contributed by atoms with Gasteiger partial charge < -0.3 is 83.1 Å². The van der Waals surface area contributed by atoms with Crippen molar-refractivity contribution in [1.29, 1.82) is 0 Å². The Morgan fingerprint density at radius 3 is 1.14 bits per heavy atom. The second-order valence-electron chi connectivity index (χ2n) is 25.2. The van der Waals surface area contributed by atoms with E-state index in [1.807, 2.05) is 34.9 Å². The maximum absolute atomic E-state index is 13.6. The number of nitrogen functional groups attached to an aromatic ring is 2. The van der Waals surface area contributed by atoms with Crippen LogP contribution in [0.3, 0.4) is 0 Å². The molecule has 35 heteroatoms. The fourth-order valence-corrected chi connectivity index (χ4v) is 13.4. The predicted molar refractivity (Wildman–Crippen MR) is 356 cm³/mol. The largest absolute Gasteiger partial charge is 1.00 e. The summed E-state index contributed by atoms with van der Waals surface area (Å²) in [6, 6.07) is 5.02. The number of carbonyl (C=O) groups is 5. The van der Waals surface area contributed by atoms with E-state index in [2.05, 4.69) is 105 Å². The fraction of sp³-hybridized carbons (Fsp3) is 0.484. The number of ether oxygens (including phenoxy) is 3. The van der Waals surface area contributed by atoms with E-state index in [1.165, 1.54) is 40.3 Å². The molecule has 0 atom stereocenters. The molecule has 0 radical (unpaired) electrons. The molecule has 0 bridgehead atoms. The van der Waals surface area contributed by atoms with E-state index in [0.717, 1.165) is 83.4 Å². The number of carbonyl (C=O) groups excluding carboxylic acids is 5. The summed E-state index contributed by atoms with van der Waals surface area (Å²) in [4.78, 5) is 131. The minimum atomic E-state index is -0.738. The number of halogens is 1. The predicted octanol–water partition coefficient (Wildman–Crippen LogP) is -0.144. The number of nitrogens with two attached hydrogens (primary N) is 2. The average Bonchev–Trinajstić information content (AvgIpc) is 1.61. The minimum absolute atomic E-state index is 0. The summed E-state index contributed by atoms with van der Waals surface area (Å²) in [5, 5.41) is 20.7. The van der Waals surface area contributed by atoms with Crippen LogP contribution in [-0.2, 0) is 26.6 Å². The molecule has 12 heterocycles. The van der Waals surface area contributed by atoms with Crippen LogP contribution in [-0.4, -0.2) is 175 Å². The van der Waals surface area contributed by atoms with Crippen molar-refractivity contribution >= 4 is 91.7 Å². The van der Waals surface area contributed by atoms with Gasteiger partial charge in [0.2, 0.25) is 29.1 Å². The molecule has 0 unspecified atom stereocenters. The molecule has 2 saturated carbocycles. The molecule has 6 aliphatic heterocycles. The van der Waals surface area contributed by atoms with Crippen LogP contribution in [0, 0.1) is 32.6 Å². The fourth-order valence-electron chi connectivity index (χ4n) is 12.9. The Morgan fingerprint density at radius 2 is 0.794 bits per heavy atom. The van der Waals surface area contributed by atoms with Crippen molar-refractivity contribution in [2.75, 3.05) is 114 Å². The van der Waals surface area contributed by atoms with E-state index in [9.17, 15) is 38.4 Å². The first kappa shape index (κ1) is 72.6. The zero-order valence-corrected chi connectivity index (χ0v) is 59.4. The van der Waals surface area contributed by atoms with E-state index >= 15 is 0 Å². The van der Waals surface area contributed by atoms with Gasteiger partial charge in [0.25, 0.3) is 34.4 Å². The van der Waals surface area contributed by atoms with Crippen molar-refractivity contribution in [2.45, 2.75) is 102 Å². The smallest absolute Gasteiger partial charge is 0.870 e. The standard InChI is InChI=1S/C22H27N7O4.C18H23N7O3.C13H16BrN3O2.C9H12N4O2.Na.H2O/c1-12-10-14(21(32)29-15(12)20(31)27-22(29)6-8-28(2)9-7-22)25-17-16(33-3)18(24-11-23-17)26-19(30)13-4-5-13;1-10-8-11(22-15-13(28-3)14(19)20-9-21-15)17(27)25-12(10)16(26)23-18(25)4-6-24(2)7-5-18;1-8-7-9(14)12(19)17-10(8)11(18)15-13(17)3-5-16(2)6-4-13;1-15-6-7(10)11-4-12-8(6)13-9(14)5-2-3-5;;/h10-11,13H,4-9H2,1-3H3,(H,27,31)(H2,23,24,25,26,30);8-9H,4-7H2,1-3H3,(H,23,26)(H3,19,20,21,22);7H,3-6H2,1-2H3,(H,15,18);4-5H,2-3H2,1H3,(H3,10,11,12,13,14);;1H2/q;;;;+1;/p-1. The monoisotopic (exact) mass is 1410 g/mol. The van der Waals surface area contributed by atoms with Crippen molar-refractivity contribution in [3.8, 4) is 17.2 Å². The zero-order valence-electron chi connectivity index (χ0n) is 55.8. The van der Waals surface area contributed by atoms with E-state index in [0.29, 0.717) is 81.4 Å². The SMILES string of the molecule is COc1c(N)ncnc1NC(=O)C1CC1.COc1c(N)ncnc1Nc1cc(C)c2n(c1=O)C1(CCN(C)CC1)NC2=O.COc1c(NC(=O)C2CC2)ncnc1Nc1cc(C)c2n(c1=O)C1(CCN(C)CC1)NC2=O.Cc1cc(Br)c(=O)n2c1C(=O)NC21CCN(C)CC1.[Na+].[OH-]. The number of aryl methyl sites for hydroxylation is 3. The maximum atomic E-state index is 13.6. The summed E-state index contributed by atoms with van der Waals surface area (Å²) in [5.41, 5.74) is 12.8. The Bertz CT molecular complexity index is 4250. The molecule has 8 aliphatic rings. The number of hydrogen-bond acceptors (Lipinski definition) is 25. The molecule has 5 fully saturated rings. The van der Waals surface area contributed by atoms with Crippen LogP contribution in [0.2, 0.25) is 0 Å². The molecule has 6 aromatic heterocycles. The van der Waals surface area contributed by atoms with Gasteiger partial charge in [-0.05, 0) is 118 Å². The first-order chi connectivity index (χ1) is 45.3. The van der Waals surface area contributed by atoms with Gasteiger partial charge in [0.15, 0.2) is 34.9 Å². The van der Waals surface area contributed by atoms with Gasteiger partial charge in [-0.15, -0.1) is 0 Å². The molecule has 2 aliphatic carbocycles. The van der Waals surface area contributed by atoms with Crippen LogP contribution < -0.4 is 109 Å². The van der Waals surface area contributed by atoms with Gasteiger partial charge in [-0.2, -0.15) is 0 Å². The number of pyridine rings is 3. The molecule has 5 amide bonds. The van der Waals surface area contributed by atoms with Crippen molar-refractivity contribution < 1.29 is 73.2 Å². The Hall–Kier alpha value is -8.64. The normalized spacial score (nSPS) is 18.2. The van der Waals surface area contributed by atoms with Gasteiger partial charge in [-0.1, -0.05) is 0 Å². The number of methoxy groups -OCH3 is 3.